The van der Waals surface area contributed by atoms with E-state index in [-0.39, 0.29) is 11.5 Å². The number of rotatable bonds is 4. The highest BCUT2D eigenvalue weighted by Crippen LogP contribution is 2.48. The molecule has 0 saturated carbocycles. The van der Waals surface area contributed by atoms with Crippen molar-refractivity contribution in [3.05, 3.63) is 81.0 Å². The lowest BCUT2D eigenvalue weighted by atomic mass is 9.70. The van der Waals surface area contributed by atoms with Crippen molar-refractivity contribution < 1.29 is 14.9 Å². The van der Waals surface area contributed by atoms with Gasteiger partial charge in [-0.15, -0.1) is 0 Å². The molecule has 3 aromatic rings. The van der Waals surface area contributed by atoms with Crippen LogP contribution in [-0.4, -0.2) is 17.3 Å². The van der Waals surface area contributed by atoms with Crippen molar-refractivity contribution in [3.63, 3.8) is 0 Å². The Kier molecular flexibility index (Phi) is 7.34. The number of hydrogen-bond acceptors (Lipinski definition) is 3. The second kappa shape index (κ2) is 9.14. The average molecular weight is 729 g/mol. The highest BCUT2D eigenvalue weighted by molar-refractivity contribution is 9.11. The number of aromatic hydroxyl groups is 2. The minimum absolute atomic E-state index is 0.140. The Morgan fingerprint density at radius 1 is 0.667 bits per heavy atom. The molecular weight excluding hydrogens is 712 g/mol. The molecule has 3 aromatic carbocycles. The summed E-state index contributed by atoms with van der Waals surface area (Å²) in [6.45, 7) is 4.11. The fourth-order valence-corrected chi connectivity index (χ4v) is 6.58. The van der Waals surface area contributed by atoms with Gasteiger partial charge in [-0.25, -0.2) is 0 Å². The fourth-order valence-electron chi connectivity index (χ4n) is 3.49. The zero-order valence-electron chi connectivity index (χ0n) is 16.2. The molecule has 0 atom stereocenters. The van der Waals surface area contributed by atoms with E-state index in [9.17, 15) is 10.2 Å². The van der Waals surface area contributed by atoms with Crippen LogP contribution in [0.2, 0.25) is 0 Å². The fraction of sp³-hybridized carbons (Fsp3) is 0.182. The molecule has 158 valence electrons. The third kappa shape index (κ3) is 4.22. The molecule has 8 heteroatoms. The monoisotopic (exact) mass is 724 g/mol. The molecule has 2 N–H and O–H groups in total. The molecule has 0 fully saturated rings. The van der Waals surface area contributed by atoms with Gasteiger partial charge in [0.1, 0.15) is 17.2 Å². The van der Waals surface area contributed by atoms with Crippen molar-refractivity contribution in [2.45, 2.75) is 19.3 Å². The van der Waals surface area contributed by atoms with Gasteiger partial charge in [0.05, 0.1) is 29.5 Å². The largest absolute Gasteiger partial charge is 0.506 e. The number of phenols is 2. The Morgan fingerprint density at radius 2 is 1.00 bits per heavy atom. The molecule has 0 aliphatic heterocycles. The van der Waals surface area contributed by atoms with Gasteiger partial charge in [0.25, 0.3) is 0 Å². The SMILES string of the molecule is COc1c(C)cc(C(C)(c2cc(Br)c(O)c(Br)c2)c2cc(Br)c(O)c(Br)c2)cc1Br. The van der Waals surface area contributed by atoms with E-state index in [2.05, 4.69) is 92.6 Å². The van der Waals surface area contributed by atoms with Crippen LogP contribution in [0.3, 0.4) is 0 Å². The van der Waals surface area contributed by atoms with Crippen LogP contribution in [0, 0.1) is 6.92 Å². The molecule has 0 aliphatic rings. The lowest BCUT2D eigenvalue weighted by Gasteiger charge is -2.33. The van der Waals surface area contributed by atoms with Crippen LogP contribution in [0.25, 0.3) is 0 Å². The summed E-state index contributed by atoms with van der Waals surface area (Å²) >= 11 is 17.5. The summed E-state index contributed by atoms with van der Waals surface area (Å²) in [6, 6.07) is 11.7. The van der Waals surface area contributed by atoms with Crippen LogP contribution in [0.15, 0.2) is 58.8 Å². The Balaban J connectivity index is 2.41. The van der Waals surface area contributed by atoms with Gasteiger partial charge in [0.15, 0.2) is 0 Å². The summed E-state index contributed by atoms with van der Waals surface area (Å²) in [5.41, 5.74) is 3.26. The summed E-state index contributed by atoms with van der Waals surface area (Å²) in [5, 5.41) is 20.5. The third-order valence-corrected chi connectivity index (χ3v) is 8.21. The van der Waals surface area contributed by atoms with E-state index in [1.165, 1.54) is 0 Å². The van der Waals surface area contributed by atoms with Gasteiger partial charge in [-0.2, -0.15) is 0 Å². The molecule has 0 unspecified atom stereocenters. The highest BCUT2D eigenvalue weighted by atomic mass is 79.9. The van der Waals surface area contributed by atoms with Crippen LogP contribution in [0.4, 0.5) is 0 Å². The lowest BCUT2D eigenvalue weighted by Crippen LogP contribution is -2.26. The normalized spacial score (nSPS) is 11.6. The van der Waals surface area contributed by atoms with Crippen LogP contribution in [0.1, 0.15) is 29.2 Å². The topological polar surface area (TPSA) is 49.7 Å². The predicted octanol–water partition coefficient (Wildman–Crippen LogP) is 8.58. The highest BCUT2D eigenvalue weighted by Gasteiger charge is 2.34. The number of methoxy groups -OCH3 is 1. The molecule has 3 rings (SSSR count). The Hall–Kier alpha value is -0.540. The van der Waals surface area contributed by atoms with E-state index < -0.39 is 5.41 Å². The second-order valence-corrected chi connectivity index (χ2v) is 11.3. The van der Waals surface area contributed by atoms with Crippen molar-refractivity contribution in [2.75, 3.05) is 7.11 Å². The molecule has 30 heavy (non-hydrogen) atoms. The number of aryl methyl sites for hydroxylation is 1. The second-order valence-electron chi connectivity index (χ2n) is 7.01. The van der Waals surface area contributed by atoms with E-state index in [1.54, 1.807) is 7.11 Å². The number of phenolic OH excluding ortho intramolecular Hbond substituents is 2. The van der Waals surface area contributed by atoms with E-state index in [0.717, 1.165) is 32.5 Å². The van der Waals surface area contributed by atoms with Crippen molar-refractivity contribution in [3.8, 4) is 17.2 Å². The summed E-state index contributed by atoms with van der Waals surface area (Å²) < 4.78 is 8.70. The smallest absolute Gasteiger partial charge is 0.143 e. The maximum Gasteiger partial charge on any atom is 0.143 e. The van der Waals surface area contributed by atoms with Gasteiger partial charge in [-0.1, -0.05) is 6.07 Å². The van der Waals surface area contributed by atoms with Gasteiger partial charge < -0.3 is 14.9 Å². The van der Waals surface area contributed by atoms with Crippen molar-refractivity contribution in [2.24, 2.45) is 0 Å². The molecule has 0 amide bonds. The first-order chi connectivity index (χ1) is 14.0. The Morgan fingerprint density at radius 3 is 1.33 bits per heavy atom. The number of benzene rings is 3. The molecule has 3 nitrogen and oxygen atoms in total. The van der Waals surface area contributed by atoms with Crippen molar-refractivity contribution in [1.29, 1.82) is 0 Å². The summed E-state index contributed by atoms with van der Waals surface area (Å²) in [4.78, 5) is 0. The Labute approximate surface area is 217 Å². The van der Waals surface area contributed by atoms with Crippen LogP contribution in [-0.2, 0) is 5.41 Å². The molecular formula is C22H17Br5O3. The van der Waals surface area contributed by atoms with Crippen molar-refractivity contribution >= 4 is 79.6 Å². The van der Waals surface area contributed by atoms with Gasteiger partial charge >= 0.3 is 0 Å². The van der Waals surface area contributed by atoms with E-state index >= 15 is 0 Å². The predicted molar refractivity (Wildman–Crippen MR) is 138 cm³/mol. The minimum atomic E-state index is -0.628. The molecule has 0 bridgehead atoms. The average Bonchev–Trinajstić information content (AvgIpc) is 2.68. The van der Waals surface area contributed by atoms with E-state index in [1.807, 2.05) is 37.3 Å². The first kappa shape index (κ1) is 24.1. The van der Waals surface area contributed by atoms with Gasteiger partial charge in [0.2, 0.25) is 0 Å². The molecule has 0 aromatic heterocycles. The first-order valence-electron chi connectivity index (χ1n) is 8.72. The minimum Gasteiger partial charge on any atom is -0.506 e. The molecule has 0 heterocycles. The maximum absolute atomic E-state index is 10.3. The summed E-state index contributed by atoms with van der Waals surface area (Å²) in [5.74, 6) is 1.06. The molecule has 0 radical (unpaired) electrons. The third-order valence-electron chi connectivity index (χ3n) is 5.20. The zero-order valence-corrected chi connectivity index (χ0v) is 24.1. The standard InChI is InChI=1S/C22H17Br5O3/c1-10-4-11(9-18(27)21(10)30-3)22(2,12-5-14(23)19(28)15(24)6-12)13-7-16(25)20(29)17(26)8-13/h4-9,28-29H,1-3H3. The van der Waals surface area contributed by atoms with Crippen LogP contribution in [0.5, 0.6) is 17.2 Å². The van der Waals surface area contributed by atoms with E-state index in [0.29, 0.717) is 17.9 Å². The summed E-state index contributed by atoms with van der Waals surface area (Å²) in [7, 11) is 1.65. The van der Waals surface area contributed by atoms with Gasteiger partial charge in [-0.3, -0.25) is 0 Å². The summed E-state index contributed by atoms with van der Waals surface area (Å²) in [6.07, 6.45) is 0. The van der Waals surface area contributed by atoms with Gasteiger partial charge in [0, 0.05) is 5.41 Å². The zero-order chi connectivity index (χ0) is 22.4. The van der Waals surface area contributed by atoms with Crippen LogP contribution < -0.4 is 4.74 Å². The maximum atomic E-state index is 10.3. The molecule has 0 aliphatic carbocycles. The first-order valence-corrected chi connectivity index (χ1v) is 12.7. The number of halogens is 5. The lowest BCUT2D eigenvalue weighted by molar-refractivity contribution is 0.408. The van der Waals surface area contributed by atoms with Crippen molar-refractivity contribution in [1.82, 2.24) is 0 Å². The quantitative estimate of drug-likeness (QED) is 0.265. The number of ether oxygens (including phenoxy) is 1. The van der Waals surface area contributed by atoms with Crippen LogP contribution >= 0.6 is 79.6 Å². The molecule has 0 spiro atoms. The van der Waals surface area contributed by atoms with E-state index in [4.69, 9.17) is 4.74 Å². The van der Waals surface area contributed by atoms with Gasteiger partial charge in [-0.05, 0) is 146 Å². The number of hydrogen-bond donors (Lipinski definition) is 2. The molecule has 0 saturated heterocycles. The Bertz CT molecular complexity index is 1020.